The number of aryl methyl sites for hydroxylation is 1. The summed E-state index contributed by atoms with van der Waals surface area (Å²) in [6.45, 7) is 8.40. The first-order valence-corrected chi connectivity index (χ1v) is 6.38. The van der Waals surface area contributed by atoms with Gasteiger partial charge in [-0.15, -0.1) is 11.3 Å². The van der Waals surface area contributed by atoms with E-state index < -0.39 is 16.9 Å². The van der Waals surface area contributed by atoms with Crippen LogP contribution in [0.2, 0.25) is 0 Å². The first-order chi connectivity index (χ1) is 8.08. The Labute approximate surface area is 110 Å². The molecule has 0 radical (unpaired) electrons. The molecular weight excluding hydrogens is 252 g/mol. The first-order valence-electron chi connectivity index (χ1n) is 5.56. The van der Waals surface area contributed by atoms with Gasteiger partial charge in [0.25, 0.3) is 5.91 Å². The zero-order chi connectivity index (χ0) is 14.1. The summed E-state index contributed by atoms with van der Waals surface area (Å²) in [7, 11) is 0. The number of nitrogens with zero attached hydrogens (tertiary/aromatic N) is 1. The first kappa shape index (κ1) is 14.6. The van der Waals surface area contributed by atoms with Crippen LogP contribution in [0.25, 0.3) is 0 Å². The van der Waals surface area contributed by atoms with Crippen LogP contribution in [0, 0.1) is 12.3 Å². The Bertz CT molecular complexity index is 477. The molecule has 5 nitrogen and oxygen atoms in total. The molecule has 0 saturated heterocycles. The van der Waals surface area contributed by atoms with E-state index in [1.165, 1.54) is 17.5 Å². The minimum absolute atomic E-state index is 0.292. The maximum absolute atomic E-state index is 12.0. The standard InChI is InChI=1S/C12H18N2O3S/c1-7-13-6-8(18-7)9(15)14-12(4,5)11(2,3)10(16)17/h6H,1-5H3,(H,14,15)(H,16,17). The summed E-state index contributed by atoms with van der Waals surface area (Å²) < 4.78 is 0. The second kappa shape index (κ2) is 4.68. The molecular formula is C12H18N2O3S. The molecule has 6 heteroatoms. The molecule has 0 spiro atoms. The molecule has 1 heterocycles. The second-order valence-corrected chi connectivity index (χ2v) is 6.49. The number of nitrogens with one attached hydrogen (secondary N) is 1. The maximum Gasteiger partial charge on any atom is 0.311 e. The smallest absolute Gasteiger partial charge is 0.311 e. The lowest BCUT2D eigenvalue weighted by molar-refractivity contribution is -0.150. The van der Waals surface area contributed by atoms with Crippen molar-refractivity contribution in [2.24, 2.45) is 5.41 Å². The summed E-state index contributed by atoms with van der Waals surface area (Å²) in [6.07, 6.45) is 1.50. The highest BCUT2D eigenvalue weighted by atomic mass is 32.1. The summed E-state index contributed by atoms with van der Waals surface area (Å²) in [5.74, 6) is -1.24. The third-order valence-corrected chi connectivity index (χ3v) is 4.28. The number of carboxylic acids is 1. The highest BCUT2D eigenvalue weighted by Gasteiger charge is 2.44. The SMILES string of the molecule is Cc1ncc(C(=O)NC(C)(C)C(C)(C)C(=O)O)s1. The minimum atomic E-state index is -1.07. The van der Waals surface area contributed by atoms with Gasteiger partial charge in [-0.3, -0.25) is 9.59 Å². The van der Waals surface area contributed by atoms with E-state index in [1.807, 2.05) is 6.92 Å². The number of carbonyl (C=O) groups is 2. The molecule has 0 aliphatic carbocycles. The van der Waals surface area contributed by atoms with Crippen molar-refractivity contribution in [3.05, 3.63) is 16.1 Å². The molecule has 0 aliphatic rings. The molecule has 1 aromatic rings. The van der Waals surface area contributed by atoms with Crippen LogP contribution in [0.5, 0.6) is 0 Å². The van der Waals surface area contributed by atoms with E-state index >= 15 is 0 Å². The number of aromatic nitrogens is 1. The number of hydrogen-bond donors (Lipinski definition) is 2. The molecule has 0 bridgehead atoms. The van der Waals surface area contributed by atoms with E-state index in [1.54, 1.807) is 27.7 Å². The topological polar surface area (TPSA) is 79.3 Å². The molecule has 2 N–H and O–H groups in total. The van der Waals surface area contributed by atoms with Crippen molar-refractivity contribution >= 4 is 23.2 Å². The van der Waals surface area contributed by atoms with E-state index in [4.69, 9.17) is 0 Å². The lowest BCUT2D eigenvalue weighted by atomic mass is 9.74. The van der Waals surface area contributed by atoms with Crippen molar-refractivity contribution in [3.8, 4) is 0 Å². The van der Waals surface area contributed by atoms with Gasteiger partial charge in [0.1, 0.15) is 4.88 Å². The second-order valence-electron chi connectivity index (χ2n) is 5.25. The van der Waals surface area contributed by atoms with Crippen LogP contribution in [0.3, 0.4) is 0 Å². The van der Waals surface area contributed by atoms with E-state index in [9.17, 15) is 14.7 Å². The lowest BCUT2D eigenvalue weighted by Gasteiger charge is -2.38. The quantitative estimate of drug-likeness (QED) is 0.877. The fraction of sp³-hybridized carbons (Fsp3) is 0.583. The number of aliphatic carboxylic acids is 1. The fourth-order valence-corrected chi connectivity index (χ4v) is 1.91. The molecule has 0 aromatic carbocycles. The number of thiazole rings is 1. The van der Waals surface area contributed by atoms with Gasteiger partial charge in [0, 0.05) is 0 Å². The Hall–Kier alpha value is -1.43. The molecule has 18 heavy (non-hydrogen) atoms. The van der Waals surface area contributed by atoms with Crippen molar-refractivity contribution in [1.29, 1.82) is 0 Å². The summed E-state index contributed by atoms with van der Waals surface area (Å²) in [6, 6.07) is 0. The molecule has 0 fully saturated rings. The number of hydrogen-bond acceptors (Lipinski definition) is 4. The van der Waals surface area contributed by atoms with E-state index in [2.05, 4.69) is 10.3 Å². The molecule has 0 atom stereocenters. The van der Waals surface area contributed by atoms with Gasteiger partial charge in [0.15, 0.2) is 0 Å². The Kier molecular flexibility index (Phi) is 3.81. The molecule has 0 aliphatic heterocycles. The van der Waals surface area contributed by atoms with Crippen molar-refractivity contribution in [3.63, 3.8) is 0 Å². The Morgan fingerprint density at radius 3 is 2.28 bits per heavy atom. The van der Waals surface area contributed by atoms with Crippen molar-refractivity contribution < 1.29 is 14.7 Å². The van der Waals surface area contributed by atoms with Crippen molar-refractivity contribution in [1.82, 2.24) is 10.3 Å². The van der Waals surface area contributed by atoms with Gasteiger partial charge in [0.2, 0.25) is 0 Å². The Morgan fingerprint density at radius 2 is 1.89 bits per heavy atom. The van der Waals surface area contributed by atoms with Gasteiger partial charge < -0.3 is 10.4 Å². The summed E-state index contributed by atoms with van der Waals surface area (Å²) in [5.41, 5.74) is -1.93. The molecule has 1 amide bonds. The van der Waals surface area contributed by atoms with Crippen LogP contribution < -0.4 is 5.32 Å². The van der Waals surface area contributed by atoms with E-state index in [0.717, 1.165) is 5.01 Å². The maximum atomic E-state index is 12.0. The average Bonchev–Trinajstić information content (AvgIpc) is 2.63. The predicted molar refractivity (Wildman–Crippen MR) is 69.8 cm³/mol. The number of carbonyl (C=O) groups excluding carboxylic acids is 1. The van der Waals surface area contributed by atoms with Gasteiger partial charge in [-0.05, 0) is 34.6 Å². The normalized spacial score (nSPS) is 12.3. The number of rotatable bonds is 4. The van der Waals surface area contributed by atoms with Crippen LogP contribution in [0.15, 0.2) is 6.20 Å². The zero-order valence-electron chi connectivity index (χ0n) is 11.2. The Balaban J connectivity index is 2.90. The largest absolute Gasteiger partial charge is 0.481 e. The summed E-state index contributed by atoms with van der Waals surface area (Å²) in [4.78, 5) is 27.7. The highest BCUT2D eigenvalue weighted by Crippen LogP contribution is 2.31. The zero-order valence-corrected chi connectivity index (χ0v) is 12.0. The van der Waals surface area contributed by atoms with Gasteiger partial charge in [0.05, 0.1) is 22.2 Å². The van der Waals surface area contributed by atoms with Crippen LogP contribution in [0.4, 0.5) is 0 Å². The minimum Gasteiger partial charge on any atom is -0.481 e. The van der Waals surface area contributed by atoms with Crippen LogP contribution in [-0.2, 0) is 4.79 Å². The molecule has 0 saturated carbocycles. The third kappa shape index (κ3) is 2.69. The molecule has 0 unspecified atom stereocenters. The molecule has 100 valence electrons. The summed E-state index contributed by atoms with van der Waals surface area (Å²) in [5, 5.41) is 12.8. The van der Waals surface area contributed by atoms with E-state index in [0.29, 0.717) is 4.88 Å². The van der Waals surface area contributed by atoms with Crippen molar-refractivity contribution in [2.45, 2.75) is 40.2 Å². The lowest BCUT2D eigenvalue weighted by Crippen LogP contribution is -2.56. The highest BCUT2D eigenvalue weighted by molar-refractivity contribution is 7.13. The van der Waals surface area contributed by atoms with Crippen LogP contribution in [0.1, 0.15) is 42.4 Å². The number of carboxylic acid groups (broad SMARTS) is 1. The Morgan fingerprint density at radius 1 is 1.33 bits per heavy atom. The van der Waals surface area contributed by atoms with E-state index in [-0.39, 0.29) is 5.91 Å². The van der Waals surface area contributed by atoms with Gasteiger partial charge in [-0.1, -0.05) is 0 Å². The van der Waals surface area contributed by atoms with Crippen LogP contribution >= 0.6 is 11.3 Å². The monoisotopic (exact) mass is 270 g/mol. The fourth-order valence-electron chi connectivity index (χ4n) is 1.24. The summed E-state index contributed by atoms with van der Waals surface area (Å²) >= 11 is 1.28. The van der Waals surface area contributed by atoms with Crippen molar-refractivity contribution in [2.75, 3.05) is 0 Å². The van der Waals surface area contributed by atoms with Gasteiger partial charge in [-0.2, -0.15) is 0 Å². The molecule has 1 aromatic heterocycles. The average molecular weight is 270 g/mol. The van der Waals surface area contributed by atoms with Crippen LogP contribution in [-0.4, -0.2) is 27.5 Å². The third-order valence-electron chi connectivity index (χ3n) is 3.37. The number of amides is 1. The molecule has 1 rings (SSSR count). The predicted octanol–water partition coefficient (Wildman–Crippen LogP) is 2.07. The van der Waals surface area contributed by atoms with Gasteiger partial charge >= 0.3 is 5.97 Å². The van der Waals surface area contributed by atoms with Gasteiger partial charge in [-0.25, -0.2) is 4.98 Å².